The molecular weight excluding hydrogens is 555 g/mol. The van der Waals surface area contributed by atoms with Gasteiger partial charge in [0.05, 0.1) is 24.0 Å². The van der Waals surface area contributed by atoms with Crippen LogP contribution in [0.4, 0.5) is 15.0 Å². The smallest absolute Gasteiger partial charge is 0.320 e. The van der Waals surface area contributed by atoms with Crippen molar-refractivity contribution in [2.45, 2.75) is 26.0 Å². The zero-order chi connectivity index (χ0) is 30.5. The lowest BCUT2D eigenvalue weighted by molar-refractivity contribution is -0.154. The van der Waals surface area contributed by atoms with Crippen LogP contribution >= 0.6 is 0 Å². The van der Waals surface area contributed by atoms with E-state index in [0.717, 1.165) is 5.69 Å². The molecule has 3 amide bonds. The van der Waals surface area contributed by atoms with E-state index in [-0.39, 0.29) is 5.91 Å². The van der Waals surface area contributed by atoms with Crippen LogP contribution in [-0.4, -0.2) is 76.6 Å². The highest BCUT2D eigenvalue weighted by Gasteiger charge is 2.37. The maximum absolute atomic E-state index is 14.0. The van der Waals surface area contributed by atoms with Crippen LogP contribution < -0.4 is 16.0 Å². The number of ether oxygens (including phenoxy) is 1. The number of hydrogen-bond acceptors (Lipinski definition) is 8. The van der Waals surface area contributed by atoms with E-state index in [2.05, 4.69) is 25.9 Å². The standard InChI is InChI=1S/C30H33FN8O4/c1-18-14-21(16-34-25(18)29(40)32-3)26-19(2)28(39(37-26)22-8-6-5-7-9-22)36-30(41)35-23-17-38(12-13-42-4)43-27(23)20-10-11-33-24(31)15-20/h5-11,14-16,23,27H,12-13,17H2,1-4H3,(H,32,40)(H2,35,36,41)/t23?,27-/m0/s1. The van der Waals surface area contributed by atoms with Crippen LogP contribution in [0.3, 0.4) is 0 Å². The number of carbonyl (C=O) groups excluding carboxylic acids is 2. The molecule has 1 unspecified atom stereocenters. The third kappa shape index (κ3) is 6.53. The average molecular weight is 589 g/mol. The van der Waals surface area contributed by atoms with Crippen molar-refractivity contribution in [2.24, 2.45) is 0 Å². The first-order valence-corrected chi connectivity index (χ1v) is 13.7. The third-order valence-electron chi connectivity index (χ3n) is 7.12. The third-order valence-corrected chi connectivity index (χ3v) is 7.12. The minimum Gasteiger partial charge on any atom is -0.383 e. The first-order valence-electron chi connectivity index (χ1n) is 13.7. The number of anilines is 1. The van der Waals surface area contributed by atoms with E-state index in [4.69, 9.17) is 14.7 Å². The van der Waals surface area contributed by atoms with Crippen molar-refractivity contribution >= 4 is 17.8 Å². The number of carbonyl (C=O) groups is 2. The molecule has 5 rings (SSSR count). The number of halogens is 1. The number of methoxy groups -OCH3 is 1. The van der Waals surface area contributed by atoms with Gasteiger partial charge in [-0.2, -0.15) is 14.6 Å². The number of hydrogen-bond donors (Lipinski definition) is 3. The molecule has 0 aliphatic carbocycles. The van der Waals surface area contributed by atoms with Crippen LogP contribution in [0.2, 0.25) is 0 Å². The first kappa shape index (κ1) is 29.8. The molecule has 0 spiro atoms. The zero-order valence-electron chi connectivity index (χ0n) is 24.3. The molecule has 0 radical (unpaired) electrons. The maximum Gasteiger partial charge on any atom is 0.320 e. The van der Waals surface area contributed by atoms with Gasteiger partial charge < -0.3 is 15.4 Å². The molecular formula is C30H33FN8O4. The number of amides is 3. The van der Waals surface area contributed by atoms with Gasteiger partial charge in [0, 0.05) is 50.8 Å². The second kappa shape index (κ2) is 13.1. The molecule has 1 aliphatic heterocycles. The van der Waals surface area contributed by atoms with Crippen LogP contribution in [0.25, 0.3) is 16.9 Å². The van der Waals surface area contributed by atoms with E-state index in [9.17, 15) is 14.0 Å². The summed E-state index contributed by atoms with van der Waals surface area (Å²) in [5.41, 5.74) is 4.29. The summed E-state index contributed by atoms with van der Waals surface area (Å²) in [6.07, 6.45) is 2.32. The van der Waals surface area contributed by atoms with Crippen molar-refractivity contribution in [1.82, 2.24) is 35.4 Å². The van der Waals surface area contributed by atoms with E-state index in [1.807, 2.05) is 50.2 Å². The number of hydroxylamine groups is 2. The minimum absolute atomic E-state index is 0.279. The van der Waals surface area contributed by atoms with E-state index in [0.29, 0.717) is 59.2 Å². The van der Waals surface area contributed by atoms with Crippen molar-refractivity contribution in [3.05, 3.63) is 89.3 Å². The highest BCUT2D eigenvalue weighted by Crippen LogP contribution is 2.32. The predicted molar refractivity (Wildman–Crippen MR) is 157 cm³/mol. The molecule has 13 heteroatoms. The number of rotatable bonds is 9. The molecule has 12 nitrogen and oxygen atoms in total. The van der Waals surface area contributed by atoms with Gasteiger partial charge in [0.15, 0.2) is 0 Å². The monoisotopic (exact) mass is 588 g/mol. The Bertz CT molecular complexity index is 1610. The number of nitrogens with one attached hydrogen (secondary N) is 3. The Morgan fingerprint density at radius 3 is 2.63 bits per heavy atom. The van der Waals surface area contributed by atoms with Gasteiger partial charge in [-0.25, -0.2) is 14.5 Å². The molecule has 4 aromatic rings. The van der Waals surface area contributed by atoms with Crippen LogP contribution in [0.15, 0.2) is 60.9 Å². The van der Waals surface area contributed by atoms with Gasteiger partial charge in [-0.05, 0) is 55.3 Å². The summed E-state index contributed by atoms with van der Waals surface area (Å²) >= 11 is 0. The zero-order valence-corrected chi connectivity index (χ0v) is 24.3. The summed E-state index contributed by atoms with van der Waals surface area (Å²) in [6, 6.07) is 13.2. The number of urea groups is 1. The van der Waals surface area contributed by atoms with Crippen molar-refractivity contribution in [2.75, 3.05) is 39.2 Å². The lowest BCUT2D eigenvalue weighted by atomic mass is 10.0. The minimum atomic E-state index is -0.636. The normalized spacial score (nSPS) is 16.7. The lowest BCUT2D eigenvalue weighted by Crippen LogP contribution is -2.42. The number of aromatic nitrogens is 4. The summed E-state index contributed by atoms with van der Waals surface area (Å²) in [5, 5.41) is 15.1. The fourth-order valence-corrected chi connectivity index (χ4v) is 4.98. The van der Waals surface area contributed by atoms with Crippen molar-refractivity contribution < 1.29 is 23.6 Å². The molecule has 224 valence electrons. The van der Waals surface area contributed by atoms with Crippen molar-refractivity contribution in [3.8, 4) is 16.9 Å². The van der Waals surface area contributed by atoms with Gasteiger partial charge in [0.25, 0.3) is 5.91 Å². The second-order valence-corrected chi connectivity index (χ2v) is 10.1. The molecule has 1 aromatic carbocycles. The molecule has 1 fully saturated rings. The Balaban J connectivity index is 1.44. The highest BCUT2D eigenvalue weighted by molar-refractivity contribution is 5.94. The average Bonchev–Trinajstić information content (AvgIpc) is 3.56. The SMILES string of the molecule is CNC(=O)c1ncc(-c2nn(-c3ccccc3)c(NC(=O)NC3CN(CCOC)O[C@H]3c3ccnc(F)c3)c2C)cc1C. The van der Waals surface area contributed by atoms with Crippen LogP contribution in [0.1, 0.15) is 33.3 Å². The quantitative estimate of drug-likeness (QED) is 0.253. The molecule has 1 aliphatic rings. The van der Waals surface area contributed by atoms with Gasteiger partial charge in [-0.15, -0.1) is 0 Å². The molecule has 3 aromatic heterocycles. The maximum atomic E-state index is 14.0. The Kier molecular flexibility index (Phi) is 9.04. The summed E-state index contributed by atoms with van der Waals surface area (Å²) in [6.45, 7) is 4.91. The molecule has 43 heavy (non-hydrogen) atoms. The fraction of sp³-hybridized carbons (Fsp3) is 0.300. The Morgan fingerprint density at radius 1 is 1.14 bits per heavy atom. The number of aryl methyl sites for hydroxylation is 1. The molecule has 2 atom stereocenters. The van der Waals surface area contributed by atoms with Crippen LogP contribution in [0.5, 0.6) is 0 Å². The summed E-state index contributed by atoms with van der Waals surface area (Å²) in [5.74, 6) is -0.463. The molecule has 1 saturated heterocycles. The predicted octanol–water partition coefficient (Wildman–Crippen LogP) is 3.57. The van der Waals surface area contributed by atoms with Gasteiger partial charge >= 0.3 is 6.03 Å². The number of pyridine rings is 2. The second-order valence-electron chi connectivity index (χ2n) is 10.1. The number of benzene rings is 1. The molecule has 3 N–H and O–H groups in total. The van der Waals surface area contributed by atoms with Crippen LogP contribution in [0, 0.1) is 19.8 Å². The summed E-state index contributed by atoms with van der Waals surface area (Å²) in [4.78, 5) is 39.7. The van der Waals surface area contributed by atoms with E-state index in [1.165, 1.54) is 12.3 Å². The Hall–Kier alpha value is -4.72. The van der Waals surface area contributed by atoms with Gasteiger partial charge in [-0.1, -0.05) is 18.2 Å². The highest BCUT2D eigenvalue weighted by atomic mass is 19.1. The first-order chi connectivity index (χ1) is 20.8. The van der Waals surface area contributed by atoms with Crippen LogP contribution in [-0.2, 0) is 9.57 Å². The molecule has 0 bridgehead atoms. The topological polar surface area (TPSA) is 136 Å². The van der Waals surface area contributed by atoms with Gasteiger partial charge in [-0.3, -0.25) is 19.9 Å². The van der Waals surface area contributed by atoms with Crippen molar-refractivity contribution in [3.63, 3.8) is 0 Å². The van der Waals surface area contributed by atoms with E-state index in [1.54, 1.807) is 36.2 Å². The fourth-order valence-electron chi connectivity index (χ4n) is 4.98. The largest absolute Gasteiger partial charge is 0.383 e. The number of para-hydroxylation sites is 1. The molecule has 0 saturated carbocycles. The summed E-state index contributed by atoms with van der Waals surface area (Å²) < 4.78 is 20.8. The van der Waals surface area contributed by atoms with Gasteiger partial charge in [0.2, 0.25) is 5.95 Å². The lowest BCUT2D eigenvalue weighted by Gasteiger charge is -2.19. The summed E-state index contributed by atoms with van der Waals surface area (Å²) in [7, 11) is 3.15. The molecule has 4 heterocycles. The Labute approximate surface area is 248 Å². The van der Waals surface area contributed by atoms with E-state index < -0.39 is 24.1 Å². The Morgan fingerprint density at radius 2 is 1.93 bits per heavy atom. The number of nitrogens with zero attached hydrogens (tertiary/aromatic N) is 5. The van der Waals surface area contributed by atoms with Crippen molar-refractivity contribution in [1.29, 1.82) is 0 Å². The van der Waals surface area contributed by atoms with Gasteiger partial charge in [0.1, 0.15) is 17.6 Å². The van der Waals surface area contributed by atoms with E-state index >= 15 is 0 Å².